The van der Waals surface area contributed by atoms with Crippen molar-refractivity contribution in [1.82, 2.24) is 20.4 Å². The van der Waals surface area contributed by atoms with E-state index in [0.717, 1.165) is 35.4 Å². The van der Waals surface area contributed by atoms with E-state index in [4.69, 9.17) is 16.1 Å². The van der Waals surface area contributed by atoms with Gasteiger partial charge in [0.2, 0.25) is 5.89 Å². The molecule has 0 radical (unpaired) electrons. The Bertz CT molecular complexity index is 610. The molecule has 1 aliphatic heterocycles. The van der Waals surface area contributed by atoms with Gasteiger partial charge in [-0.25, -0.2) is 0 Å². The third-order valence-electron chi connectivity index (χ3n) is 3.48. The van der Waals surface area contributed by atoms with Gasteiger partial charge in [0.25, 0.3) is 0 Å². The molecule has 0 saturated carbocycles. The van der Waals surface area contributed by atoms with E-state index in [1.165, 1.54) is 0 Å². The highest BCUT2D eigenvalue weighted by molar-refractivity contribution is 7.98. The van der Waals surface area contributed by atoms with Crippen molar-refractivity contribution >= 4 is 35.8 Å². The number of likely N-dealkylation sites (N-methyl/N-ethyl adjacent to an activating group) is 1. The Morgan fingerprint density at radius 1 is 1.45 bits per heavy atom. The summed E-state index contributed by atoms with van der Waals surface area (Å²) in [6.07, 6.45) is 0. The molecule has 8 heteroatoms. The molecule has 5 nitrogen and oxygen atoms in total. The molecule has 1 atom stereocenters. The standard InChI is InChI=1S/C14H17ClN4OS.ClH/c1-19-7-6-16-8-11(19)14-17-13(20-18-14)9-21-12-5-3-2-4-10(12)15;/h2-5,11,16H,6-9H2,1H3;1H. The molecule has 3 rings (SSSR count). The third-order valence-corrected chi connectivity index (χ3v) is 4.98. The Kier molecular flexibility index (Phi) is 6.52. The number of benzene rings is 1. The number of halogens is 2. The molecule has 1 N–H and O–H groups in total. The quantitative estimate of drug-likeness (QED) is 0.845. The molecule has 1 fully saturated rings. The van der Waals surface area contributed by atoms with Crippen molar-refractivity contribution in [2.75, 3.05) is 26.7 Å². The van der Waals surface area contributed by atoms with Crippen LogP contribution in [0.5, 0.6) is 0 Å². The average Bonchev–Trinajstić information content (AvgIpc) is 2.96. The summed E-state index contributed by atoms with van der Waals surface area (Å²) in [6.45, 7) is 2.84. The summed E-state index contributed by atoms with van der Waals surface area (Å²) in [4.78, 5) is 7.77. The summed E-state index contributed by atoms with van der Waals surface area (Å²) >= 11 is 7.74. The van der Waals surface area contributed by atoms with Crippen molar-refractivity contribution in [2.45, 2.75) is 16.7 Å². The smallest absolute Gasteiger partial charge is 0.237 e. The number of thioether (sulfide) groups is 1. The zero-order valence-electron chi connectivity index (χ0n) is 12.2. The van der Waals surface area contributed by atoms with Crippen molar-refractivity contribution in [3.8, 4) is 0 Å². The summed E-state index contributed by atoms with van der Waals surface area (Å²) < 4.78 is 5.35. The monoisotopic (exact) mass is 360 g/mol. The highest BCUT2D eigenvalue weighted by Crippen LogP contribution is 2.29. The van der Waals surface area contributed by atoms with E-state index in [1.54, 1.807) is 11.8 Å². The lowest BCUT2D eigenvalue weighted by molar-refractivity contribution is 0.190. The van der Waals surface area contributed by atoms with E-state index >= 15 is 0 Å². The van der Waals surface area contributed by atoms with Gasteiger partial charge in [-0.3, -0.25) is 4.90 Å². The lowest BCUT2D eigenvalue weighted by Crippen LogP contribution is -2.44. The maximum Gasteiger partial charge on any atom is 0.237 e. The number of hydrogen-bond donors (Lipinski definition) is 1. The maximum absolute atomic E-state index is 6.13. The SMILES string of the molecule is CN1CCNCC1c1noc(CSc2ccccc2Cl)n1.Cl. The molecule has 2 aromatic rings. The van der Waals surface area contributed by atoms with Gasteiger partial charge in [-0.2, -0.15) is 4.98 Å². The Hall–Kier alpha value is -0.790. The van der Waals surface area contributed by atoms with Gasteiger partial charge in [-0.05, 0) is 19.2 Å². The first-order valence-electron chi connectivity index (χ1n) is 6.85. The van der Waals surface area contributed by atoms with Gasteiger partial charge < -0.3 is 9.84 Å². The van der Waals surface area contributed by atoms with E-state index < -0.39 is 0 Å². The number of piperazine rings is 1. The van der Waals surface area contributed by atoms with E-state index in [1.807, 2.05) is 24.3 Å². The first-order valence-corrected chi connectivity index (χ1v) is 8.21. The van der Waals surface area contributed by atoms with E-state index in [-0.39, 0.29) is 18.4 Å². The minimum atomic E-state index is 0. The number of rotatable bonds is 4. The topological polar surface area (TPSA) is 54.2 Å². The highest BCUT2D eigenvalue weighted by atomic mass is 35.5. The third kappa shape index (κ3) is 4.14. The van der Waals surface area contributed by atoms with Crippen molar-refractivity contribution in [2.24, 2.45) is 0 Å². The molecule has 1 aromatic carbocycles. The second-order valence-corrected chi connectivity index (χ2v) is 6.39. The van der Waals surface area contributed by atoms with Gasteiger partial charge in [0.15, 0.2) is 5.82 Å². The molecular weight excluding hydrogens is 343 g/mol. The molecule has 1 unspecified atom stereocenters. The summed E-state index contributed by atoms with van der Waals surface area (Å²) in [5, 5.41) is 8.21. The van der Waals surface area contributed by atoms with Crippen LogP contribution in [0.15, 0.2) is 33.7 Å². The van der Waals surface area contributed by atoms with Crippen LogP contribution in [-0.4, -0.2) is 41.7 Å². The molecular formula is C14H18Cl2N4OS. The minimum absolute atomic E-state index is 0. The molecule has 2 heterocycles. The van der Waals surface area contributed by atoms with Crippen LogP contribution in [0.1, 0.15) is 17.8 Å². The van der Waals surface area contributed by atoms with E-state index in [0.29, 0.717) is 11.6 Å². The second-order valence-electron chi connectivity index (χ2n) is 4.97. The van der Waals surface area contributed by atoms with Gasteiger partial charge in [0, 0.05) is 24.5 Å². The lowest BCUT2D eigenvalue weighted by Gasteiger charge is -2.30. The molecule has 0 amide bonds. The van der Waals surface area contributed by atoms with Crippen LogP contribution in [0.25, 0.3) is 0 Å². The van der Waals surface area contributed by atoms with Gasteiger partial charge in [-0.1, -0.05) is 28.9 Å². The van der Waals surface area contributed by atoms with Gasteiger partial charge >= 0.3 is 0 Å². The Morgan fingerprint density at radius 2 is 2.27 bits per heavy atom. The van der Waals surface area contributed by atoms with Gasteiger partial charge in [0.05, 0.1) is 16.8 Å². The first-order chi connectivity index (χ1) is 10.2. The van der Waals surface area contributed by atoms with Crippen LogP contribution < -0.4 is 5.32 Å². The van der Waals surface area contributed by atoms with Crippen LogP contribution in [0.4, 0.5) is 0 Å². The van der Waals surface area contributed by atoms with E-state index in [2.05, 4.69) is 27.4 Å². The summed E-state index contributed by atoms with van der Waals surface area (Å²) in [5.74, 6) is 2.01. The van der Waals surface area contributed by atoms with Gasteiger partial charge in [0.1, 0.15) is 0 Å². The van der Waals surface area contributed by atoms with Crippen molar-refractivity contribution in [1.29, 1.82) is 0 Å². The fraction of sp³-hybridized carbons (Fsp3) is 0.429. The fourth-order valence-electron chi connectivity index (χ4n) is 2.26. The second kappa shape index (κ2) is 8.17. The number of hydrogen-bond acceptors (Lipinski definition) is 6. The van der Waals surface area contributed by atoms with Gasteiger partial charge in [-0.15, -0.1) is 24.2 Å². The van der Waals surface area contributed by atoms with Crippen molar-refractivity contribution in [3.05, 3.63) is 41.0 Å². The molecule has 22 heavy (non-hydrogen) atoms. The maximum atomic E-state index is 6.13. The summed E-state index contributed by atoms with van der Waals surface area (Å²) in [5.41, 5.74) is 0. The molecule has 1 aliphatic rings. The van der Waals surface area contributed by atoms with Crippen LogP contribution in [-0.2, 0) is 5.75 Å². The first kappa shape index (κ1) is 17.6. The Balaban J connectivity index is 0.00000176. The normalized spacial score (nSPS) is 18.9. The molecule has 0 spiro atoms. The Labute approximate surface area is 145 Å². The molecule has 0 aliphatic carbocycles. The van der Waals surface area contributed by atoms with Crippen LogP contribution in [0.3, 0.4) is 0 Å². The molecule has 1 aromatic heterocycles. The summed E-state index contributed by atoms with van der Waals surface area (Å²) in [7, 11) is 2.08. The van der Waals surface area contributed by atoms with E-state index in [9.17, 15) is 0 Å². The largest absolute Gasteiger partial charge is 0.338 e. The van der Waals surface area contributed by atoms with Crippen LogP contribution in [0, 0.1) is 0 Å². The highest BCUT2D eigenvalue weighted by Gasteiger charge is 2.25. The van der Waals surface area contributed by atoms with Crippen molar-refractivity contribution < 1.29 is 4.52 Å². The fourth-order valence-corrected chi connectivity index (χ4v) is 3.33. The Morgan fingerprint density at radius 3 is 3.05 bits per heavy atom. The average molecular weight is 361 g/mol. The van der Waals surface area contributed by atoms with Crippen LogP contribution >= 0.6 is 35.8 Å². The van der Waals surface area contributed by atoms with Crippen molar-refractivity contribution in [3.63, 3.8) is 0 Å². The molecule has 0 bridgehead atoms. The molecule has 1 saturated heterocycles. The number of nitrogens with zero attached hydrogens (tertiary/aromatic N) is 3. The predicted molar refractivity (Wildman–Crippen MR) is 90.8 cm³/mol. The zero-order valence-corrected chi connectivity index (χ0v) is 14.5. The number of nitrogens with one attached hydrogen (secondary N) is 1. The van der Waals surface area contributed by atoms with Crippen LogP contribution in [0.2, 0.25) is 5.02 Å². The minimum Gasteiger partial charge on any atom is -0.338 e. The lowest BCUT2D eigenvalue weighted by atomic mass is 10.2. The zero-order chi connectivity index (χ0) is 14.7. The molecule has 120 valence electrons. The number of aromatic nitrogens is 2. The summed E-state index contributed by atoms with van der Waals surface area (Å²) in [6, 6.07) is 7.94. The predicted octanol–water partition coefficient (Wildman–Crippen LogP) is 3.01.